The fourth-order valence-electron chi connectivity index (χ4n) is 2.51. The van der Waals surface area contributed by atoms with Gasteiger partial charge in [-0.1, -0.05) is 0 Å². The van der Waals surface area contributed by atoms with Crippen molar-refractivity contribution in [2.24, 2.45) is 0 Å². The minimum Gasteiger partial charge on any atom is -0.380 e. The van der Waals surface area contributed by atoms with Gasteiger partial charge in [0.2, 0.25) is 0 Å². The van der Waals surface area contributed by atoms with E-state index in [1.807, 2.05) is 13.8 Å². The number of likely N-dealkylation sites (N-methyl/N-ethyl adjacent to an activating group) is 1. The minimum atomic E-state index is -0.0119. The summed E-state index contributed by atoms with van der Waals surface area (Å²) in [6, 6.07) is 1.79. The van der Waals surface area contributed by atoms with Gasteiger partial charge in [0.15, 0.2) is 5.82 Å². The van der Waals surface area contributed by atoms with E-state index < -0.39 is 0 Å². The second-order valence-electron chi connectivity index (χ2n) is 5.27. The van der Waals surface area contributed by atoms with Crippen molar-refractivity contribution in [3.05, 3.63) is 17.6 Å². The summed E-state index contributed by atoms with van der Waals surface area (Å²) in [5, 5.41) is 8.89. The molecule has 0 atom stereocenters. The van der Waals surface area contributed by atoms with Crippen molar-refractivity contribution in [2.45, 2.75) is 26.9 Å². The van der Waals surface area contributed by atoms with Gasteiger partial charge in [-0.2, -0.15) is 10.2 Å². The van der Waals surface area contributed by atoms with Gasteiger partial charge in [-0.15, -0.1) is 0 Å². The average Bonchev–Trinajstić information content (AvgIpc) is 3.07. The van der Waals surface area contributed by atoms with E-state index in [4.69, 9.17) is 4.74 Å². The SMILES string of the molecule is CCOCCn1nc(C)nc1-c1cc2n(n1)CCN(C)C2=O. The first-order valence-corrected chi connectivity index (χ1v) is 7.43. The maximum absolute atomic E-state index is 12.2. The first-order valence-electron chi connectivity index (χ1n) is 7.43. The topological polar surface area (TPSA) is 78.1 Å². The lowest BCUT2D eigenvalue weighted by atomic mass is 10.2. The quantitative estimate of drug-likeness (QED) is 0.755. The van der Waals surface area contributed by atoms with Gasteiger partial charge < -0.3 is 9.64 Å². The predicted molar refractivity (Wildman–Crippen MR) is 79.4 cm³/mol. The number of aromatic nitrogens is 5. The highest BCUT2D eigenvalue weighted by Gasteiger charge is 2.25. The first kappa shape index (κ1) is 14.7. The van der Waals surface area contributed by atoms with Crippen LogP contribution in [-0.4, -0.2) is 62.2 Å². The lowest BCUT2D eigenvalue weighted by molar-refractivity contribution is 0.0743. The molecular weight excluding hydrogens is 284 g/mol. The third kappa shape index (κ3) is 2.61. The highest BCUT2D eigenvalue weighted by atomic mass is 16.5. The summed E-state index contributed by atoms with van der Waals surface area (Å²) in [7, 11) is 1.80. The molecule has 0 aromatic carbocycles. The second kappa shape index (κ2) is 5.88. The summed E-state index contributed by atoms with van der Waals surface area (Å²) in [5.74, 6) is 1.34. The number of carbonyl (C=O) groups is 1. The van der Waals surface area contributed by atoms with Gasteiger partial charge in [-0.05, 0) is 13.8 Å². The number of hydrogen-bond acceptors (Lipinski definition) is 5. The van der Waals surface area contributed by atoms with Crippen molar-refractivity contribution in [1.29, 1.82) is 0 Å². The van der Waals surface area contributed by atoms with E-state index in [9.17, 15) is 4.79 Å². The highest BCUT2D eigenvalue weighted by molar-refractivity contribution is 5.94. The summed E-state index contributed by atoms with van der Waals surface area (Å²) < 4.78 is 8.90. The number of ether oxygens (including phenoxy) is 1. The normalized spacial score (nSPS) is 14.5. The van der Waals surface area contributed by atoms with Crippen LogP contribution in [0.25, 0.3) is 11.5 Å². The van der Waals surface area contributed by atoms with Crippen molar-refractivity contribution in [2.75, 3.05) is 26.8 Å². The van der Waals surface area contributed by atoms with Crippen molar-refractivity contribution in [1.82, 2.24) is 29.4 Å². The Labute approximate surface area is 128 Å². The molecule has 0 spiro atoms. The Balaban J connectivity index is 1.92. The van der Waals surface area contributed by atoms with Crippen LogP contribution < -0.4 is 0 Å². The van der Waals surface area contributed by atoms with Crippen LogP contribution in [0, 0.1) is 6.92 Å². The van der Waals surface area contributed by atoms with Crippen LogP contribution in [0.15, 0.2) is 6.07 Å². The molecule has 1 aliphatic rings. The van der Waals surface area contributed by atoms with Crippen LogP contribution in [0.2, 0.25) is 0 Å². The Hall–Kier alpha value is -2.22. The van der Waals surface area contributed by atoms with Gasteiger partial charge in [-0.3, -0.25) is 9.48 Å². The van der Waals surface area contributed by atoms with E-state index in [-0.39, 0.29) is 5.91 Å². The van der Waals surface area contributed by atoms with Crippen LogP contribution in [0.3, 0.4) is 0 Å². The molecule has 0 saturated heterocycles. The van der Waals surface area contributed by atoms with Gasteiger partial charge in [0.05, 0.1) is 19.7 Å². The summed E-state index contributed by atoms with van der Waals surface area (Å²) in [4.78, 5) is 18.3. The Morgan fingerprint density at radius 1 is 1.32 bits per heavy atom. The molecule has 1 amide bonds. The van der Waals surface area contributed by atoms with Crippen LogP contribution >= 0.6 is 0 Å². The Morgan fingerprint density at radius 3 is 2.91 bits per heavy atom. The molecule has 0 radical (unpaired) electrons. The molecule has 0 fully saturated rings. The molecule has 8 heteroatoms. The lowest BCUT2D eigenvalue weighted by Crippen LogP contribution is -2.37. The molecule has 8 nitrogen and oxygen atoms in total. The van der Waals surface area contributed by atoms with Gasteiger partial charge in [0.25, 0.3) is 5.91 Å². The van der Waals surface area contributed by atoms with Crippen LogP contribution in [0.5, 0.6) is 0 Å². The number of fused-ring (bicyclic) bond motifs is 1. The molecular formula is C14H20N6O2. The van der Waals surface area contributed by atoms with Crippen LogP contribution in [0.1, 0.15) is 23.2 Å². The first-order chi connectivity index (χ1) is 10.6. The van der Waals surface area contributed by atoms with Gasteiger partial charge >= 0.3 is 0 Å². The number of rotatable bonds is 5. The average molecular weight is 304 g/mol. The molecule has 22 heavy (non-hydrogen) atoms. The monoisotopic (exact) mass is 304 g/mol. The van der Waals surface area contributed by atoms with Gasteiger partial charge in [0.1, 0.15) is 17.2 Å². The molecule has 1 aliphatic heterocycles. The van der Waals surface area contributed by atoms with E-state index in [1.54, 1.807) is 27.4 Å². The smallest absolute Gasteiger partial charge is 0.271 e. The van der Waals surface area contributed by atoms with E-state index in [0.717, 1.165) is 0 Å². The zero-order chi connectivity index (χ0) is 15.7. The van der Waals surface area contributed by atoms with E-state index in [1.165, 1.54) is 0 Å². The fraction of sp³-hybridized carbons (Fsp3) is 0.571. The van der Waals surface area contributed by atoms with Crippen LogP contribution in [0.4, 0.5) is 0 Å². The molecule has 0 N–H and O–H groups in total. The third-order valence-corrected chi connectivity index (χ3v) is 3.65. The maximum Gasteiger partial charge on any atom is 0.271 e. The molecule has 118 valence electrons. The number of carbonyl (C=O) groups excluding carboxylic acids is 1. The molecule has 3 rings (SSSR count). The van der Waals surface area contributed by atoms with E-state index >= 15 is 0 Å². The van der Waals surface area contributed by atoms with Crippen molar-refractivity contribution < 1.29 is 9.53 Å². The predicted octanol–water partition coefficient (Wildman–Crippen LogP) is 0.572. The molecule has 0 unspecified atom stereocenters. The third-order valence-electron chi connectivity index (χ3n) is 3.65. The Kier molecular flexibility index (Phi) is 3.93. The molecule has 0 aliphatic carbocycles. The molecule has 0 bridgehead atoms. The zero-order valence-corrected chi connectivity index (χ0v) is 13.1. The lowest BCUT2D eigenvalue weighted by Gasteiger charge is -2.22. The number of hydrogen-bond donors (Lipinski definition) is 0. The number of nitrogens with zero attached hydrogens (tertiary/aromatic N) is 6. The Morgan fingerprint density at radius 2 is 2.14 bits per heavy atom. The minimum absolute atomic E-state index is 0.0119. The summed E-state index contributed by atoms with van der Waals surface area (Å²) in [6.07, 6.45) is 0. The summed E-state index contributed by atoms with van der Waals surface area (Å²) >= 11 is 0. The largest absolute Gasteiger partial charge is 0.380 e. The number of amides is 1. The highest BCUT2D eigenvalue weighted by Crippen LogP contribution is 2.20. The number of aryl methyl sites for hydroxylation is 1. The molecule has 2 aromatic heterocycles. The zero-order valence-electron chi connectivity index (χ0n) is 13.1. The maximum atomic E-state index is 12.2. The van der Waals surface area contributed by atoms with Crippen molar-refractivity contribution >= 4 is 5.91 Å². The van der Waals surface area contributed by atoms with Crippen molar-refractivity contribution in [3.63, 3.8) is 0 Å². The molecule has 0 saturated carbocycles. The van der Waals surface area contributed by atoms with Gasteiger partial charge in [-0.25, -0.2) is 9.67 Å². The van der Waals surface area contributed by atoms with Crippen molar-refractivity contribution in [3.8, 4) is 11.5 Å². The molecule has 2 aromatic rings. The van der Waals surface area contributed by atoms with E-state index in [0.29, 0.717) is 55.9 Å². The summed E-state index contributed by atoms with van der Waals surface area (Å²) in [5.41, 5.74) is 1.27. The molecule has 3 heterocycles. The standard InChI is InChI=1S/C14H20N6O2/c1-4-22-8-7-20-13(15-10(2)16-20)11-9-12-14(21)18(3)5-6-19(12)17-11/h9H,4-8H2,1-3H3. The fourth-order valence-corrected chi connectivity index (χ4v) is 2.51. The second-order valence-corrected chi connectivity index (χ2v) is 5.27. The van der Waals surface area contributed by atoms with Gasteiger partial charge in [0, 0.05) is 26.3 Å². The van der Waals surface area contributed by atoms with E-state index in [2.05, 4.69) is 15.2 Å². The van der Waals surface area contributed by atoms with Crippen LogP contribution in [-0.2, 0) is 17.8 Å². The Bertz CT molecular complexity index is 690. The summed E-state index contributed by atoms with van der Waals surface area (Å²) in [6.45, 7) is 7.02.